The number of thioether (sulfide) groups is 1. The highest BCUT2D eigenvalue weighted by atomic mass is 35.5. The van der Waals surface area contributed by atoms with Gasteiger partial charge in [0.25, 0.3) is 0 Å². The molecule has 1 amide bonds. The first-order valence-electron chi connectivity index (χ1n) is 4.99. The number of hydrogen-bond acceptors (Lipinski definition) is 3. The molecule has 1 rings (SSSR count). The molecule has 0 radical (unpaired) electrons. The lowest BCUT2D eigenvalue weighted by Crippen LogP contribution is -2.16. The Bertz CT molecular complexity index is 334. The van der Waals surface area contributed by atoms with Crippen LogP contribution in [0, 0.1) is 0 Å². The molecule has 0 bridgehead atoms. The second-order valence-corrected chi connectivity index (χ2v) is 4.39. The Labute approximate surface area is 107 Å². The van der Waals surface area contributed by atoms with Gasteiger partial charge in [-0.3, -0.25) is 4.79 Å². The number of hydrogen-bond donors (Lipinski definition) is 2. The highest BCUT2D eigenvalue weighted by molar-refractivity contribution is 7.99. The number of rotatable bonds is 5. The fourth-order valence-electron chi connectivity index (χ4n) is 1.18. The van der Waals surface area contributed by atoms with Gasteiger partial charge in [0.2, 0.25) is 5.91 Å². The molecule has 1 aromatic rings. The minimum atomic E-state index is -0.0313. The van der Waals surface area contributed by atoms with E-state index in [0.29, 0.717) is 13.0 Å². The fourth-order valence-corrected chi connectivity index (χ4v) is 1.90. The van der Waals surface area contributed by atoms with Crippen molar-refractivity contribution in [1.82, 2.24) is 0 Å². The molecule has 16 heavy (non-hydrogen) atoms. The van der Waals surface area contributed by atoms with Crippen molar-refractivity contribution in [3.8, 4) is 0 Å². The minimum absolute atomic E-state index is 0. The van der Waals surface area contributed by atoms with Gasteiger partial charge in [-0.15, -0.1) is 24.2 Å². The molecule has 3 N–H and O–H groups in total. The third kappa shape index (κ3) is 5.39. The van der Waals surface area contributed by atoms with Crippen LogP contribution in [0.3, 0.4) is 0 Å². The number of anilines is 1. The molecule has 0 aliphatic heterocycles. The van der Waals surface area contributed by atoms with Gasteiger partial charge in [-0.2, -0.15) is 0 Å². The zero-order valence-electron chi connectivity index (χ0n) is 9.23. The molecule has 0 saturated carbocycles. The molecule has 0 saturated heterocycles. The maximum absolute atomic E-state index is 11.3. The first-order chi connectivity index (χ1) is 7.26. The van der Waals surface area contributed by atoms with E-state index < -0.39 is 0 Å². The van der Waals surface area contributed by atoms with E-state index in [9.17, 15) is 4.79 Å². The molecule has 0 heterocycles. The van der Waals surface area contributed by atoms with Crippen molar-refractivity contribution in [2.75, 3.05) is 17.6 Å². The molecule has 3 nitrogen and oxygen atoms in total. The second-order valence-electron chi connectivity index (χ2n) is 3.05. The number of nitrogens with one attached hydrogen (secondary N) is 1. The highest BCUT2D eigenvalue weighted by Gasteiger charge is 2.01. The van der Waals surface area contributed by atoms with E-state index in [-0.39, 0.29) is 18.3 Å². The summed E-state index contributed by atoms with van der Waals surface area (Å²) in [6.07, 6.45) is 0.366. The van der Waals surface area contributed by atoms with E-state index in [2.05, 4.69) is 12.2 Å². The molecule has 0 aliphatic carbocycles. The van der Waals surface area contributed by atoms with Gasteiger partial charge in [-0.1, -0.05) is 13.0 Å². The highest BCUT2D eigenvalue weighted by Crippen LogP contribution is 2.21. The summed E-state index contributed by atoms with van der Waals surface area (Å²) in [5.74, 6) is 0.997. The lowest BCUT2D eigenvalue weighted by Gasteiger charge is -2.05. The fraction of sp³-hybridized carbons (Fsp3) is 0.364. The molecule has 0 aromatic heterocycles. The monoisotopic (exact) mass is 260 g/mol. The standard InChI is InChI=1S/C11H16N2OS.ClH/c1-2-15-10-5-3-4-9(8-10)13-11(14)6-7-12;/h3-5,8H,2,6-7,12H2,1H3,(H,13,14);1H. The Kier molecular flexibility index (Phi) is 8.07. The number of nitrogens with two attached hydrogens (primary N) is 1. The summed E-state index contributed by atoms with van der Waals surface area (Å²) in [6, 6.07) is 7.83. The van der Waals surface area contributed by atoms with Crippen LogP contribution in [-0.2, 0) is 4.79 Å². The van der Waals surface area contributed by atoms with Crippen LogP contribution in [0.25, 0.3) is 0 Å². The van der Waals surface area contributed by atoms with E-state index in [4.69, 9.17) is 5.73 Å². The van der Waals surface area contributed by atoms with Gasteiger partial charge in [-0.05, 0) is 24.0 Å². The molecular formula is C11H17ClN2OS. The Morgan fingerprint density at radius 1 is 1.50 bits per heavy atom. The van der Waals surface area contributed by atoms with Crippen molar-refractivity contribution >= 4 is 35.8 Å². The molecule has 0 atom stereocenters. The number of halogens is 1. The van der Waals surface area contributed by atoms with E-state index in [1.807, 2.05) is 24.3 Å². The average Bonchev–Trinajstić information content (AvgIpc) is 2.19. The van der Waals surface area contributed by atoms with Crippen LogP contribution in [-0.4, -0.2) is 18.2 Å². The largest absolute Gasteiger partial charge is 0.330 e. The number of carbonyl (C=O) groups is 1. The van der Waals surface area contributed by atoms with Crippen molar-refractivity contribution in [2.24, 2.45) is 5.73 Å². The second kappa shape index (κ2) is 8.44. The predicted octanol–water partition coefficient (Wildman–Crippen LogP) is 2.51. The summed E-state index contributed by atoms with van der Waals surface area (Å²) in [4.78, 5) is 12.5. The maximum atomic E-state index is 11.3. The summed E-state index contributed by atoms with van der Waals surface area (Å²) in [5.41, 5.74) is 6.14. The first-order valence-corrected chi connectivity index (χ1v) is 5.97. The molecular weight excluding hydrogens is 244 g/mol. The van der Waals surface area contributed by atoms with Crippen LogP contribution >= 0.6 is 24.2 Å². The van der Waals surface area contributed by atoms with Gasteiger partial charge in [0.15, 0.2) is 0 Å². The number of amides is 1. The minimum Gasteiger partial charge on any atom is -0.330 e. The Balaban J connectivity index is 0.00000225. The van der Waals surface area contributed by atoms with Crippen molar-refractivity contribution in [3.05, 3.63) is 24.3 Å². The summed E-state index contributed by atoms with van der Waals surface area (Å²) in [5, 5.41) is 2.81. The Morgan fingerprint density at radius 3 is 2.88 bits per heavy atom. The van der Waals surface area contributed by atoms with E-state index in [0.717, 1.165) is 11.4 Å². The summed E-state index contributed by atoms with van der Waals surface area (Å²) in [6.45, 7) is 2.49. The van der Waals surface area contributed by atoms with Crippen molar-refractivity contribution in [2.45, 2.75) is 18.2 Å². The molecule has 0 spiro atoms. The zero-order chi connectivity index (χ0) is 11.1. The van der Waals surface area contributed by atoms with Crippen LogP contribution in [0.2, 0.25) is 0 Å². The van der Waals surface area contributed by atoms with Gasteiger partial charge in [0.1, 0.15) is 0 Å². The molecule has 0 unspecified atom stereocenters. The lowest BCUT2D eigenvalue weighted by atomic mass is 10.3. The van der Waals surface area contributed by atoms with Gasteiger partial charge in [-0.25, -0.2) is 0 Å². The topological polar surface area (TPSA) is 55.1 Å². The van der Waals surface area contributed by atoms with E-state index in [1.165, 1.54) is 4.90 Å². The van der Waals surface area contributed by atoms with E-state index in [1.54, 1.807) is 11.8 Å². The van der Waals surface area contributed by atoms with E-state index >= 15 is 0 Å². The summed E-state index contributed by atoms with van der Waals surface area (Å²) >= 11 is 1.75. The van der Waals surface area contributed by atoms with Crippen molar-refractivity contribution in [1.29, 1.82) is 0 Å². The third-order valence-electron chi connectivity index (χ3n) is 1.80. The first kappa shape index (κ1) is 15.3. The SMILES string of the molecule is CCSc1cccc(NC(=O)CCN)c1.Cl. The molecule has 1 aromatic carbocycles. The van der Waals surface area contributed by atoms with Gasteiger partial charge in [0, 0.05) is 23.5 Å². The Morgan fingerprint density at radius 2 is 2.25 bits per heavy atom. The normalized spacial score (nSPS) is 9.38. The van der Waals surface area contributed by atoms with Gasteiger partial charge < -0.3 is 11.1 Å². The third-order valence-corrected chi connectivity index (χ3v) is 2.68. The Hall–Kier alpha value is -0.710. The summed E-state index contributed by atoms with van der Waals surface area (Å²) in [7, 11) is 0. The number of benzene rings is 1. The molecule has 5 heteroatoms. The van der Waals surface area contributed by atoms with Gasteiger partial charge in [0.05, 0.1) is 0 Å². The smallest absolute Gasteiger partial charge is 0.225 e. The zero-order valence-corrected chi connectivity index (χ0v) is 10.9. The summed E-state index contributed by atoms with van der Waals surface area (Å²) < 4.78 is 0. The maximum Gasteiger partial charge on any atom is 0.225 e. The van der Waals surface area contributed by atoms with Crippen molar-refractivity contribution in [3.63, 3.8) is 0 Å². The quantitative estimate of drug-likeness (QED) is 0.800. The van der Waals surface area contributed by atoms with Crippen LogP contribution in [0.15, 0.2) is 29.2 Å². The van der Waals surface area contributed by atoms with Crippen LogP contribution in [0.1, 0.15) is 13.3 Å². The van der Waals surface area contributed by atoms with Crippen LogP contribution in [0.4, 0.5) is 5.69 Å². The molecule has 90 valence electrons. The molecule has 0 aliphatic rings. The predicted molar refractivity (Wildman–Crippen MR) is 72.4 cm³/mol. The number of carbonyl (C=O) groups excluding carboxylic acids is 1. The van der Waals surface area contributed by atoms with Crippen LogP contribution < -0.4 is 11.1 Å². The van der Waals surface area contributed by atoms with Crippen molar-refractivity contribution < 1.29 is 4.79 Å². The average molecular weight is 261 g/mol. The van der Waals surface area contributed by atoms with Crippen LogP contribution in [0.5, 0.6) is 0 Å². The van der Waals surface area contributed by atoms with Gasteiger partial charge >= 0.3 is 0 Å². The molecule has 0 fully saturated rings. The lowest BCUT2D eigenvalue weighted by molar-refractivity contribution is -0.116.